The van der Waals surface area contributed by atoms with Gasteiger partial charge in [0.15, 0.2) is 5.82 Å². The first-order valence-electron chi connectivity index (χ1n) is 5.99. The molecule has 0 fully saturated rings. The molecule has 0 aliphatic heterocycles. The average molecular weight is 293 g/mol. The van der Waals surface area contributed by atoms with Crippen LogP contribution in [0.2, 0.25) is 0 Å². The molecule has 0 amide bonds. The highest BCUT2D eigenvalue weighted by Gasteiger charge is 2.15. The van der Waals surface area contributed by atoms with E-state index in [-0.39, 0.29) is 28.3 Å². The molecule has 21 heavy (non-hydrogen) atoms. The highest BCUT2D eigenvalue weighted by Crippen LogP contribution is 2.27. The van der Waals surface area contributed by atoms with Gasteiger partial charge in [0.1, 0.15) is 11.6 Å². The lowest BCUT2D eigenvalue weighted by Gasteiger charge is -2.12. The molecule has 1 aromatic heterocycles. The smallest absolute Gasteiger partial charge is 0.340 e. The SMILES string of the molecule is COC(=O)c1ccnc(Nc2cc(F)c(C)cc2F)c1N. The van der Waals surface area contributed by atoms with Gasteiger partial charge in [0.2, 0.25) is 0 Å². The second-order valence-electron chi connectivity index (χ2n) is 4.32. The van der Waals surface area contributed by atoms with Crippen LogP contribution in [0, 0.1) is 18.6 Å². The van der Waals surface area contributed by atoms with E-state index in [1.54, 1.807) is 0 Å². The summed E-state index contributed by atoms with van der Waals surface area (Å²) in [6, 6.07) is 3.42. The van der Waals surface area contributed by atoms with E-state index in [0.29, 0.717) is 0 Å². The molecule has 0 atom stereocenters. The monoisotopic (exact) mass is 293 g/mol. The predicted molar refractivity (Wildman–Crippen MR) is 74.4 cm³/mol. The Bertz CT molecular complexity index is 705. The lowest BCUT2D eigenvalue weighted by molar-refractivity contribution is 0.0602. The van der Waals surface area contributed by atoms with Crippen LogP contribution in [0.1, 0.15) is 15.9 Å². The molecule has 0 saturated carbocycles. The van der Waals surface area contributed by atoms with Gasteiger partial charge in [0.05, 0.1) is 24.0 Å². The maximum absolute atomic E-state index is 13.8. The summed E-state index contributed by atoms with van der Waals surface area (Å²) in [5, 5.41) is 2.57. The summed E-state index contributed by atoms with van der Waals surface area (Å²) < 4.78 is 31.8. The first kappa shape index (κ1) is 14.7. The van der Waals surface area contributed by atoms with Crippen LogP contribution in [0.25, 0.3) is 0 Å². The quantitative estimate of drug-likeness (QED) is 0.851. The van der Waals surface area contributed by atoms with Gasteiger partial charge in [-0.1, -0.05) is 0 Å². The minimum Gasteiger partial charge on any atom is -0.465 e. The van der Waals surface area contributed by atoms with Gasteiger partial charge in [-0.3, -0.25) is 0 Å². The number of nitrogens with one attached hydrogen (secondary N) is 1. The van der Waals surface area contributed by atoms with E-state index in [9.17, 15) is 13.6 Å². The number of benzene rings is 1. The van der Waals surface area contributed by atoms with E-state index in [0.717, 1.165) is 12.1 Å². The number of aromatic nitrogens is 1. The van der Waals surface area contributed by atoms with Gasteiger partial charge in [0.25, 0.3) is 0 Å². The summed E-state index contributed by atoms with van der Waals surface area (Å²) in [5.74, 6) is -1.83. The lowest BCUT2D eigenvalue weighted by Crippen LogP contribution is -2.09. The number of ether oxygens (including phenoxy) is 1. The molecule has 1 aromatic carbocycles. The number of aryl methyl sites for hydroxylation is 1. The Balaban J connectivity index is 2.41. The Morgan fingerprint density at radius 2 is 2.05 bits per heavy atom. The van der Waals surface area contributed by atoms with Crippen molar-refractivity contribution in [2.75, 3.05) is 18.2 Å². The molecule has 0 radical (unpaired) electrons. The molecular weight excluding hydrogens is 280 g/mol. The Kier molecular flexibility index (Phi) is 4.02. The summed E-state index contributed by atoms with van der Waals surface area (Å²) >= 11 is 0. The van der Waals surface area contributed by atoms with E-state index >= 15 is 0 Å². The third kappa shape index (κ3) is 2.91. The Hall–Kier alpha value is -2.70. The van der Waals surface area contributed by atoms with Crippen LogP contribution in [0.15, 0.2) is 24.4 Å². The molecule has 0 unspecified atom stereocenters. The Labute approximate surface area is 119 Å². The fraction of sp³-hybridized carbons (Fsp3) is 0.143. The fourth-order valence-electron chi connectivity index (χ4n) is 1.73. The topological polar surface area (TPSA) is 77.2 Å². The molecular formula is C14H13F2N3O2. The van der Waals surface area contributed by atoms with Crippen LogP contribution in [0.4, 0.5) is 26.0 Å². The van der Waals surface area contributed by atoms with Crippen LogP contribution in [0.3, 0.4) is 0 Å². The van der Waals surface area contributed by atoms with Crippen LogP contribution in [0.5, 0.6) is 0 Å². The lowest BCUT2D eigenvalue weighted by atomic mass is 10.2. The molecule has 110 valence electrons. The number of nitrogens with two attached hydrogens (primary N) is 1. The van der Waals surface area contributed by atoms with Gasteiger partial charge in [0, 0.05) is 12.3 Å². The second-order valence-corrected chi connectivity index (χ2v) is 4.32. The predicted octanol–water partition coefficient (Wildman–Crippen LogP) is 2.78. The molecule has 2 rings (SSSR count). The third-order valence-corrected chi connectivity index (χ3v) is 2.90. The number of hydrogen-bond acceptors (Lipinski definition) is 5. The fourth-order valence-corrected chi connectivity index (χ4v) is 1.73. The normalized spacial score (nSPS) is 10.3. The average Bonchev–Trinajstić information content (AvgIpc) is 2.46. The highest BCUT2D eigenvalue weighted by molar-refractivity contribution is 5.97. The van der Waals surface area contributed by atoms with Crippen LogP contribution in [-0.2, 0) is 4.74 Å². The van der Waals surface area contributed by atoms with Crippen molar-refractivity contribution in [2.24, 2.45) is 0 Å². The first-order valence-corrected chi connectivity index (χ1v) is 5.99. The minimum atomic E-state index is -0.654. The van der Waals surface area contributed by atoms with Gasteiger partial charge < -0.3 is 15.8 Å². The first-order chi connectivity index (χ1) is 9.93. The van der Waals surface area contributed by atoms with E-state index in [1.807, 2.05) is 0 Å². The number of halogens is 2. The minimum absolute atomic E-state index is 0.00951. The maximum Gasteiger partial charge on any atom is 0.340 e. The molecule has 0 saturated heterocycles. The molecule has 0 aliphatic rings. The van der Waals surface area contributed by atoms with Gasteiger partial charge in [-0.15, -0.1) is 0 Å². The zero-order valence-corrected chi connectivity index (χ0v) is 11.4. The number of anilines is 3. The van der Waals surface area contributed by atoms with Crippen LogP contribution >= 0.6 is 0 Å². The van der Waals surface area contributed by atoms with E-state index in [4.69, 9.17) is 5.73 Å². The van der Waals surface area contributed by atoms with Gasteiger partial charge >= 0.3 is 5.97 Å². The number of methoxy groups -OCH3 is 1. The second kappa shape index (κ2) is 5.74. The van der Waals surface area contributed by atoms with Crippen molar-refractivity contribution in [3.8, 4) is 0 Å². The number of hydrogen-bond donors (Lipinski definition) is 2. The highest BCUT2D eigenvalue weighted by atomic mass is 19.1. The van der Waals surface area contributed by atoms with Crippen molar-refractivity contribution < 1.29 is 18.3 Å². The van der Waals surface area contributed by atoms with Crippen LogP contribution in [-0.4, -0.2) is 18.1 Å². The number of nitrogen functional groups attached to an aromatic ring is 1. The van der Waals surface area contributed by atoms with Crippen LogP contribution < -0.4 is 11.1 Å². The number of carbonyl (C=O) groups is 1. The number of nitrogens with zero attached hydrogens (tertiary/aromatic N) is 1. The molecule has 0 spiro atoms. The molecule has 5 nitrogen and oxygen atoms in total. The Morgan fingerprint density at radius 1 is 1.33 bits per heavy atom. The largest absolute Gasteiger partial charge is 0.465 e. The van der Waals surface area contributed by atoms with Gasteiger partial charge in [-0.05, 0) is 24.6 Å². The zero-order chi connectivity index (χ0) is 15.6. The Morgan fingerprint density at radius 3 is 2.71 bits per heavy atom. The van der Waals surface area contributed by atoms with Gasteiger partial charge in [-0.25, -0.2) is 18.6 Å². The number of rotatable bonds is 3. The summed E-state index contributed by atoms with van der Waals surface area (Å²) in [6.45, 7) is 1.45. The zero-order valence-electron chi connectivity index (χ0n) is 11.4. The summed E-state index contributed by atoms with van der Waals surface area (Å²) in [7, 11) is 1.21. The van der Waals surface area contributed by atoms with E-state index in [2.05, 4.69) is 15.0 Å². The molecule has 2 aromatic rings. The standard InChI is InChI=1S/C14H13F2N3O2/c1-7-5-10(16)11(6-9(7)15)19-13-12(17)8(3-4-18-13)14(20)21-2/h3-6H,17H2,1-2H3,(H,18,19). The van der Waals surface area contributed by atoms with Crippen molar-refractivity contribution in [1.82, 2.24) is 4.98 Å². The van der Waals surface area contributed by atoms with Crippen molar-refractivity contribution in [3.63, 3.8) is 0 Å². The summed E-state index contributed by atoms with van der Waals surface area (Å²) in [6.07, 6.45) is 1.31. The van der Waals surface area contributed by atoms with E-state index in [1.165, 1.54) is 26.3 Å². The van der Waals surface area contributed by atoms with Gasteiger partial charge in [-0.2, -0.15) is 0 Å². The molecule has 0 bridgehead atoms. The molecule has 3 N–H and O–H groups in total. The van der Waals surface area contributed by atoms with Crippen molar-refractivity contribution >= 4 is 23.2 Å². The maximum atomic E-state index is 13.8. The summed E-state index contributed by atoms with van der Waals surface area (Å²) in [4.78, 5) is 15.4. The molecule has 0 aliphatic carbocycles. The molecule has 1 heterocycles. The third-order valence-electron chi connectivity index (χ3n) is 2.90. The number of esters is 1. The van der Waals surface area contributed by atoms with Crippen molar-refractivity contribution in [3.05, 3.63) is 47.2 Å². The number of carbonyl (C=O) groups excluding carboxylic acids is 1. The number of pyridine rings is 1. The van der Waals surface area contributed by atoms with Crippen molar-refractivity contribution in [1.29, 1.82) is 0 Å². The summed E-state index contributed by atoms with van der Waals surface area (Å²) in [5.41, 5.74) is 5.92. The van der Waals surface area contributed by atoms with Crippen molar-refractivity contribution in [2.45, 2.75) is 6.92 Å². The van der Waals surface area contributed by atoms with E-state index < -0.39 is 17.6 Å². The molecule has 7 heteroatoms.